The molecule has 0 aromatic heterocycles. The van der Waals surface area contributed by atoms with Crippen LogP contribution in [0.25, 0.3) is 0 Å². The normalized spacial score (nSPS) is 13.8. The molecule has 0 fully saturated rings. The fourth-order valence-electron chi connectivity index (χ4n) is 2.06. The predicted octanol–water partition coefficient (Wildman–Crippen LogP) is 2.91. The SMILES string of the molecule is CCOC(=O)C(C)(CCOc1ccc(F)cc1)NC(C)C. The minimum Gasteiger partial charge on any atom is -0.494 e. The number of carbonyl (C=O) groups is 1. The maximum atomic E-state index is 12.8. The quantitative estimate of drug-likeness (QED) is 0.750. The van der Waals surface area contributed by atoms with E-state index in [1.165, 1.54) is 12.1 Å². The fraction of sp³-hybridized carbons (Fsp3) is 0.562. The molecule has 1 rings (SSSR count). The Labute approximate surface area is 125 Å². The zero-order chi connectivity index (χ0) is 15.9. The van der Waals surface area contributed by atoms with E-state index >= 15 is 0 Å². The third-order valence-corrected chi connectivity index (χ3v) is 3.02. The Hall–Kier alpha value is -1.62. The number of ether oxygens (including phenoxy) is 2. The van der Waals surface area contributed by atoms with Crippen molar-refractivity contribution in [2.24, 2.45) is 0 Å². The second-order valence-corrected chi connectivity index (χ2v) is 5.40. The number of carbonyl (C=O) groups excluding carboxylic acids is 1. The molecular weight excluding hydrogens is 273 g/mol. The summed E-state index contributed by atoms with van der Waals surface area (Å²) in [6, 6.07) is 5.95. The molecule has 1 N–H and O–H groups in total. The van der Waals surface area contributed by atoms with Gasteiger partial charge in [-0.15, -0.1) is 0 Å². The van der Waals surface area contributed by atoms with Crippen LogP contribution >= 0.6 is 0 Å². The smallest absolute Gasteiger partial charge is 0.326 e. The van der Waals surface area contributed by atoms with Gasteiger partial charge in [0.2, 0.25) is 0 Å². The topological polar surface area (TPSA) is 47.6 Å². The lowest BCUT2D eigenvalue weighted by atomic mass is 9.97. The molecule has 21 heavy (non-hydrogen) atoms. The zero-order valence-electron chi connectivity index (χ0n) is 13.1. The monoisotopic (exact) mass is 297 g/mol. The fourth-order valence-corrected chi connectivity index (χ4v) is 2.06. The van der Waals surface area contributed by atoms with Gasteiger partial charge >= 0.3 is 5.97 Å². The van der Waals surface area contributed by atoms with E-state index in [4.69, 9.17) is 9.47 Å². The highest BCUT2D eigenvalue weighted by Crippen LogP contribution is 2.16. The number of nitrogens with one attached hydrogen (secondary N) is 1. The number of rotatable bonds is 8. The van der Waals surface area contributed by atoms with E-state index in [1.54, 1.807) is 26.0 Å². The molecule has 5 heteroatoms. The maximum Gasteiger partial charge on any atom is 0.326 e. The average molecular weight is 297 g/mol. The van der Waals surface area contributed by atoms with E-state index in [0.29, 0.717) is 25.4 Å². The van der Waals surface area contributed by atoms with Gasteiger partial charge in [-0.25, -0.2) is 4.39 Å². The zero-order valence-corrected chi connectivity index (χ0v) is 13.1. The standard InChI is InChI=1S/C16H24FNO3/c1-5-20-15(19)16(4,18-12(2)3)10-11-21-14-8-6-13(17)7-9-14/h6-9,12,18H,5,10-11H2,1-4H3. The van der Waals surface area contributed by atoms with Crippen molar-refractivity contribution in [2.45, 2.75) is 45.7 Å². The summed E-state index contributed by atoms with van der Waals surface area (Å²) in [6.07, 6.45) is 0.460. The van der Waals surface area contributed by atoms with Crippen molar-refractivity contribution in [3.8, 4) is 5.75 Å². The van der Waals surface area contributed by atoms with Crippen LogP contribution in [0.15, 0.2) is 24.3 Å². The molecule has 0 aliphatic carbocycles. The van der Waals surface area contributed by atoms with Crippen molar-refractivity contribution in [2.75, 3.05) is 13.2 Å². The van der Waals surface area contributed by atoms with Crippen LogP contribution in [0.5, 0.6) is 5.75 Å². The van der Waals surface area contributed by atoms with Gasteiger partial charge in [0.15, 0.2) is 0 Å². The van der Waals surface area contributed by atoms with E-state index in [1.807, 2.05) is 13.8 Å². The van der Waals surface area contributed by atoms with E-state index in [-0.39, 0.29) is 17.8 Å². The Bertz CT molecular complexity index is 447. The van der Waals surface area contributed by atoms with Gasteiger partial charge < -0.3 is 9.47 Å². The first kappa shape index (κ1) is 17.4. The first-order chi connectivity index (χ1) is 9.87. The highest BCUT2D eigenvalue weighted by Gasteiger charge is 2.35. The summed E-state index contributed by atoms with van der Waals surface area (Å²) in [7, 11) is 0. The van der Waals surface area contributed by atoms with E-state index in [0.717, 1.165) is 0 Å². The van der Waals surface area contributed by atoms with Crippen molar-refractivity contribution in [1.29, 1.82) is 0 Å². The van der Waals surface area contributed by atoms with Gasteiger partial charge in [0, 0.05) is 12.5 Å². The molecule has 0 aliphatic rings. The molecule has 1 aromatic carbocycles. The van der Waals surface area contributed by atoms with Crippen LogP contribution in [-0.4, -0.2) is 30.8 Å². The van der Waals surface area contributed by atoms with Gasteiger partial charge in [-0.3, -0.25) is 10.1 Å². The summed E-state index contributed by atoms with van der Waals surface area (Å²) in [5.41, 5.74) is -0.801. The minimum atomic E-state index is -0.801. The van der Waals surface area contributed by atoms with Gasteiger partial charge in [-0.2, -0.15) is 0 Å². The number of esters is 1. The molecule has 0 radical (unpaired) electrons. The number of benzene rings is 1. The second-order valence-electron chi connectivity index (χ2n) is 5.40. The van der Waals surface area contributed by atoms with E-state index in [9.17, 15) is 9.18 Å². The molecule has 118 valence electrons. The van der Waals surface area contributed by atoms with Crippen molar-refractivity contribution in [3.63, 3.8) is 0 Å². The van der Waals surface area contributed by atoms with Crippen molar-refractivity contribution in [3.05, 3.63) is 30.1 Å². The Balaban J connectivity index is 2.60. The van der Waals surface area contributed by atoms with Gasteiger partial charge in [-0.05, 0) is 52.0 Å². The first-order valence-corrected chi connectivity index (χ1v) is 7.20. The molecule has 0 amide bonds. The number of hydrogen-bond donors (Lipinski definition) is 1. The molecule has 0 saturated heterocycles. The van der Waals surface area contributed by atoms with Gasteiger partial charge in [0.05, 0.1) is 13.2 Å². The Morgan fingerprint density at radius 3 is 2.48 bits per heavy atom. The lowest BCUT2D eigenvalue weighted by Gasteiger charge is -2.30. The molecule has 0 heterocycles. The average Bonchev–Trinajstić information content (AvgIpc) is 2.40. The first-order valence-electron chi connectivity index (χ1n) is 7.20. The van der Waals surface area contributed by atoms with Crippen LogP contribution in [0.2, 0.25) is 0 Å². The summed E-state index contributed by atoms with van der Waals surface area (Å²) < 4.78 is 23.5. The van der Waals surface area contributed by atoms with Gasteiger partial charge in [-0.1, -0.05) is 0 Å². The van der Waals surface area contributed by atoms with Crippen LogP contribution in [0, 0.1) is 5.82 Å². The maximum absolute atomic E-state index is 12.8. The van der Waals surface area contributed by atoms with Crippen LogP contribution in [0.1, 0.15) is 34.1 Å². The summed E-state index contributed by atoms with van der Waals surface area (Å²) in [4.78, 5) is 12.1. The highest BCUT2D eigenvalue weighted by atomic mass is 19.1. The van der Waals surface area contributed by atoms with E-state index in [2.05, 4.69) is 5.32 Å². The molecule has 0 spiro atoms. The molecule has 0 bridgehead atoms. The summed E-state index contributed by atoms with van der Waals surface area (Å²) in [5.74, 6) is -0.0197. The van der Waals surface area contributed by atoms with Gasteiger partial charge in [0.25, 0.3) is 0 Å². The lowest BCUT2D eigenvalue weighted by Crippen LogP contribution is -2.54. The second kappa shape index (κ2) is 7.98. The van der Waals surface area contributed by atoms with Crippen molar-refractivity contribution in [1.82, 2.24) is 5.32 Å². The van der Waals surface area contributed by atoms with E-state index < -0.39 is 5.54 Å². The molecule has 4 nitrogen and oxygen atoms in total. The molecule has 0 aliphatic heterocycles. The summed E-state index contributed by atoms with van der Waals surface area (Å²) >= 11 is 0. The Morgan fingerprint density at radius 2 is 1.95 bits per heavy atom. The van der Waals surface area contributed by atoms with Crippen LogP contribution < -0.4 is 10.1 Å². The van der Waals surface area contributed by atoms with Crippen LogP contribution in [0.4, 0.5) is 4.39 Å². The van der Waals surface area contributed by atoms with Crippen LogP contribution in [-0.2, 0) is 9.53 Å². The lowest BCUT2D eigenvalue weighted by molar-refractivity contribution is -0.151. The number of hydrogen-bond acceptors (Lipinski definition) is 4. The Kier molecular flexibility index (Phi) is 6.62. The molecule has 0 saturated carbocycles. The van der Waals surface area contributed by atoms with Crippen molar-refractivity contribution >= 4 is 5.97 Å². The third kappa shape index (κ3) is 5.71. The number of halogens is 1. The molecular formula is C16H24FNO3. The minimum absolute atomic E-state index is 0.144. The summed E-state index contributed by atoms with van der Waals surface area (Å²) in [6.45, 7) is 8.20. The van der Waals surface area contributed by atoms with Crippen molar-refractivity contribution < 1.29 is 18.7 Å². The molecule has 1 aromatic rings. The largest absolute Gasteiger partial charge is 0.494 e. The Morgan fingerprint density at radius 1 is 1.33 bits per heavy atom. The molecule has 1 unspecified atom stereocenters. The highest BCUT2D eigenvalue weighted by molar-refractivity contribution is 5.80. The predicted molar refractivity (Wildman–Crippen MR) is 79.8 cm³/mol. The molecule has 1 atom stereocenters. The summed E-state index contributed by atoms with van der Waals surface area (Å²) in [5, 5.41) is 3.22. The van der Waals surface area contributed by atoms with Gasteiger partial charge in [0.1, 0.15) is 17.1 Å². The third-order valence-electron chi connectivity index (χ3n) is 3.02. The van der Waals surface area contributed by atoms with Crippen LogP contribution in [0.3, 0.4) is 0 Å².